The Kier molecular flexibility index (Phi) is 3.80. The normalized spacial score (nSPS) is 20.7. The molecule has 1 amide bonds. The molecule has 1 heterocycles. The van der Waals surface area contributed by atoms with Gasteiger partial charge < -0.3 is 20.5 Å². The van der Waals surface area contributed by atoms with Crippen molar-refractivity contribution < 1.29 is 14.6 Å². The monoisotopic (exact) mass is 230 g/mol. The summed E-state index contributed by atoms with van der Waals surface area (Å²) in [5.74, 6) is 0. The van der Waals surface area contributed by atoms with Crippen molar-refractivity contribution in [1.29, 1.82) is 0 Å². The fourth-order valence-electron chi connectivity index (χ4n) is 1.62. The molecule has 0 unspecified atom stereocenters. The molecule has 16 heavy (non-hydrogen) atoms. The van der Waals surface area contributed by atoms with E-state index in [9.17, 15) is 4.79 Å². The van der Waals surface area contributed by atoms with Gasteiger partial charge >= 0.3 is 6.09 Å². The third-order valence-corrected chi connectivity index (χ3v) is 2.73. The number of carbonyl (C=O) groups excluding carboxylic acids is 1. The zero-order valence-corrected chi connectivity index (χ0v) is 10.3. The van der Waals surface area contributed by atoms with Crippen LogP contribution in [-0.2, 0) is 4.74 Å². The summed E-state index contributed by atoms with van der Waals surface area (Å²) in [7, 11) is 0. The van der Waals surface area contributed by atoms with E-state index in [-0.39, 0.29) is 12.7 Å². The zero-order valence-electron chi connectivity index (χ0n) is 10.3. The van der Waals surface area contributed by atoms with Gasteiger partial charge in [-0.15, -0.1) is 0 Å². The predicted molar refractivity (Wildman–Crippen MR) is 61.0 cm³/mol. The Bertz CT molecular complexity index is 252. The number of carbonyl (C=O) groups is 1. The molecule has 0 saturated carbocycles. The summed E-state index contributed by atoms with van der Waals surface area (Å²) in [6, 6.07) is 0. The van der Waals surface area contributed by atoms with E-state index in [1.54, 1.807) is 4.90 Å². The second-order valence-corrected chi connectivity index (χ2v) is 5.49. The van der Waals surface area contributed by atoms with Crippen LogP contribution in [0.3, 0.4) is 0 Å². The van der Waals surface area contributed by atoms with E-state index >= 15 is 0 Å². The van der Waals surface area contributed by atoms with Crippen LogP contribution in [0.15, 0.2) is 0 Å². The first kappa shape index (κ1) is 13.3. The molecule has 0 aliphatic carbocycles. The van der Waals surface area contributed by atoms with Crippen molar-refractivity contribution in [2.45, 2.75) is 44.8 Å². The molecule has 0 radical (unpaired) electrons. The van der Waals surface area contributed by atoms with Crippen LogP contribution in [0.1, 0.15) is 33.6 Å². The van der Waals surface area contributed by atoms with Crippen molar-refractivity contribution in [2.75, 3.05) is 19.7 Å². The number of aliphatic hydroxyl groups excluding tert-OH is 1. The molecule has 1 aliphatic rings. The molecular weight excluding hydrogens is 208 g/mol. The number of likely N-dealkylation sites (tertiary alicyclic amines) is 1. The van der Waals surface area contributed by atoms with Crippen LogP contribution >= 0.6 is 0 Å². The van der Waals surface area contributed by atoms with E-state index in [4.69, 9.17) is 15.6 Å². The maximum absolute atomic E-state index is 11.7. The lowest BCUT2D eigenvalue weighted by Gasteiger charge is -2.38. The molecule has 5 heteroatoms. The van der Waals surface area contributed by atoms with Crippen molar-refractivity contribution in [1.82, 2.24) is 4.90 Å². The third kappa shape index (κ3) is 3.64. The smallest absolute Gasteiger partial charge is 0.410 e. The minimum atomic E-state index is -0.529. The summed E-state index contributed by atoms with van der Waals surface area (Å²) in [4.78, 5) is 13.4. The summed E-state index contributed by atoms with van der Waals surface area (Å²) < 4.78 is 5.26. The van der Waals surface area contributed by atoms with Crippen LogP contribution in [0.4, 0.5) is 4.79 Å². The molecule has 1 rings (SSSR count). The standard InChI is InChI=1S/C11H22N2O3/c1-10(2,3)16-9(15)13-6-4-11(12,8-14)5-7-13/h14H,4-8,12H2,1-3H3. The number of nitrogens with two attached hydrogens (primary N) is 1. The Labute approximate surface area is 96.6 Å². The van der Waals surface area contributed by atoms with Gasteiger partial charge in [-0.2, -0.15) is 0 Å². The van der Waals surface area contributed by atoms with Crippen molar-refractivity contribution >= 4 is 6.09 Å². The van der Waals surface area contributed by atoms with Gasteiger partial charge in [0.15, 0.2) is 0 Å². The van der Waals surface area contributed by atoms with E-state index in [0.717, 1.165) is 0 Å². The molecule has 0 aromatic carbocycles. The van der Waals surface area contributed by atoms with Crippen molar-refractivity contribution in [3.05, 3.63) is 0 Å². The first-order valence-corrected chi connectivity index (χ1v) is 5.63. The maximum atomic E-state index is 11.7. The number of rotatable bonds is 1. The average molecular weight is 230 g/mol. The summed E-state index contributed by atoms with van der Waals surface area (Å²) in [6.45, 7) is 6.59. The minimum absolute atomic E-state index is 0.0326. The Hall–Kier alpha value is -0.810. The Balaban J connectivity index is 2.45. The Morgan fingerprint density at radius 2 is 1.94 bits per heavy atom. The van der Waals surface area contributed by atoms with Gasteiger partial charge in [0.05, 0.1) is 6.61 Å². The summed E-state index contributed by atoms with van der Waals surface area (Å²) in [5, 5.41) is 9.10. The van der Waals surface area contributed by atoms with Gasteiger partial charge in [0.2, 0.25) is 0 Å². The van der Waals surface area contributed by atoms with Crippen LogP contribution in [0.2, 0.25) is 0 Å². The second kappa shape index (κ2) is 4.59. The third-order valence-electron chi connectivity index (χ3n) is 2.73. The van der Waals surface area contributed by atoms with Crippen LogP contribution in [0.25, 0.3) is 0 Å². The van der Waals surface area contributed by atoms with Crippen molar-refractivity contribution in [2.24, 2.45) is 5.73 Å². The number of aliphatic hydroxyl groups is 1. The second-order valence-electron chi connectivity index (χ2n) is 5.49. The lowest BCUT2D eigenvalue weighted by atomic mass is 9.90. The zero-order chi connectivity index (χ0) is 12.4. The lowest BCUT2D eigenvalue weighted by Crippen LogP contribution is -2.54. The first-order chi connectivity index (χ1) is 7.26. The van der Waals surface area contributed by atoms with E-state index in [1.807, 2.05) is 20.8 Å². The number of piperidine rings is 1. The molecule has 1 saturated heterocycles. The molecule has 94 valence electrons. The quantitative estimate of drug-likeness (QED) is 0.695. The first-order valence-electron chi connectivity index (χ1n) is 5.63. The summed E-state index contributed by atoms with van der Waals surface area (Å²) in [5.41, 5.74) is 4.92. The molecule has 0 spiro atoms. The number of amides is 1. The van der Waals surface area contributed by atoms with Crippen LogP contribution in [0.5, 0.6) is 0 Å². The van der Waals surface area contributed by atoms with E-state index in [0.29, 0.717) is 25.9 Å². The van der Waals surface area contributed by atoms with E-state index < -0.39 is 11.1 Å². The van der Waals surface area contributed by atoms with E-state index in [2.05, 4.69) is 0 Å². The molecule has 0 atom stereocenters. The van der Waals surface area contributed by atoms with Crippen LogP contribution in [-0.4, -0.2) is 46.9 Å². The summed E-state index contributed by atoms with van der Waals surface area (Å²) in [6.07, 6.45) is 0.929. The number of ether oxygens (including phenoxy) is 1. The molecular formula is C11H22N2O3. The molecule has 0 aromatic heterocycles. The largest absolute Gasteiger partial charge is 0.444 e. The van der Waals surface area contributed by atoms with Crippen molar-refractivity contribution in [3.63, 3.8) is 0 Å². The van der Waals surface area contributed by atoms with Gasteiger partial charge in [0.25, 0.3) is 0 Å². The van der Waals surface area contributed by atoms with Gasteiger partial charge in [0.1, 0.15) is 5.60 Å². The fourth-order valence-corrected chi connectivity index (χ4v) is 1.62. The molecule has 1 aliphatic heterocycles. The molecule has 0 aromatic rings. The predicted octanol–water partition coefficient (Wildman–Crippen LogP) is 0.707. The minimum Gasteiger partial charge on any atom is -0.444 e. The highest BCUT2D eigenvalue weighted by atomic mass is 16.6. The maximum Gasteiger partial charge on any atom is 0.410 e. The highest BCUT2D eigenvalue weighted by Gasteiger charge is 2.33. The van der Waals surface area contributed by atoms with Gasteiger partial charge in [-0.25, -0.2) is 4.79 Å². The van der Waals surface area contributed by atoms with Crippen LogP contribution in [0, 0.1) is 0 Å². The van der Waals surface area contributed by atoms with Gasteiger partial charge in [-0.05, 0) is 33.6 Å². The van der Waals surface area contributed by atoms with Gasteiger partial charge in [-0.3, -0.25) is 0 Å². The van der Waals surface area contributed by atoms with Crippen LogP contribution < -0.4 is 5.73 Å². The van der Waals surface area contributed by atoms with Gasteiger partial charge in [0, 0.05) is 18.6 Å². The molecule has 1 fully saturated rings. The van der Waals surface area contributed by atoms with Crippen molar-refractivity contribution in [3.8, 4) is 0 Å². The number of hydrogen-bond acceptors (Lipinski definition) is 4. The fraction of sp³-hybridized carbons (Fsp3) is 0.909. The molecule has 0 bridgehead atoms. The highest BCUT2D eigenvalue weighted by molar-refractivity contribution is 5.68. The number of nitrogens with zero attached hydrogens (tertiary/aromatic N) is 1. The number of hydrogen-bond donors (Lipinski definition) is 2. The topological polar surface area (TPSA) is 75.8 Å². The highest BCUT2D eigenvalue weighted by Crippen LogP contribution is 2.20. The molecule has 5 nitrogen and oxygen atoms in total. The average Bonchev–Trinajstić information content (AvgIpc) is 2.16. The Morgan fingerprint density at radius 3 is 2.31 bits per heavy atom. The SMILES string of the molecule is CC(C)(C)OC(=O)N1CCC(N)(CO)CC1. The van der Waals surface area contributed by atoms with Gasteiger partial charge in [-0.1, -0.05) is 0 Å². The summed E-state index contributed by atoms with van der Waals surface area (Å²) >= 11 is 0. The molecule has 3 N–H and O–H groups in total. The Morgan fingerprint density at radius 1 is 1.44 bits per heavy atom. The lowest BCUT2D eigenvalue weighted by molar-refractivity contribution is 0.0132. The van der Waals surface area contributed by atoms with E-state index in [1.165, 1.54) is 0 Å².